The van der Waals surface area contributed by atoms with Gasteiger partial charge in [0.05, 0.1) is 0 Å². The van der Waals surface area contributed by atoms with Crippen LogP contribution in [0.4, 0.5) is 0 Å². The fraction of sp³-hybridized carbons (Fsp3) is 0.818. The maximum atomic E-state index is 11.6. The Morgan fingerprint density at radius 2 is 2.31 bits per heavy atom. The molecule has 0 saturated carbocycles. The van der Waals surface area contributed by atoms with Crippen molar-refractivity contribution in [1.82, 2.24) is 4.90 Å². The van der Waals surface area contributed by atoms with Crippen LogP contribution in [0.2, 0.25) is 0 Å². The molecule has 2 atom stereocenters. The predicted molar refractivity (Wildman–Crippen MR) is 57.9 cm³/mol. The third-order valence-corrected chi connectivity index (χ3v) is 2.99. The van der Waals surface area contributed by atoms with Gasteiger partial charge in [-0.3, -0.25) is 4.79 Å². The van der Waals surface area contributed by atoms with Gasteiger partial charge in [-0.25, -0.2) is 4.79 Å². The molecule has 2 unspecified atom stereocenters. The van der Waals surface area contributed by atoms with E-state index >= 15 is 0 Å². The zero-order valence-electron chi connectivity index (χ0n) is 9.56. The van der Waals surface area contributed by atoms with E-state index in [2.05, 4.69) is 0 Å². The van der Waals surface area contributed by atoms with Gasteiger partial charge in [0.15, 0.2) is 0 Å². The number of hydrogen-bond donors (Lipinski definition) is 2. The van der Waals surface area contributed by atoms with Gasteiger partial charge in [-0.1, -0.05) is 19.8 Å². The summed E-state index contributed by atoms with van der Waals surface area (Å²) in [4.78, 5) is 24.1. The van der Waals surface area contributed by atoms with Gasteiger partial charge < -0.3 is 15.1 Å². The minimum absolute atomic E-state index is 0.0532. The molecule has 0 spiro atoms. The molecule has 1 rings (SSSR count). The number of unbranched alkanes of at least 4 members (excludes halogenated alkanes) is 1. The number of rotatable bonds is 6. The second kappa shape index (κ2) is 5.84. The normalized spacial score (nSPS) is 22.5. The molecule has 16 heavy (non-hydrogen) atoms. The predicted octanol–water partition coefficient (Wildman–Crippen LogP) is 0.471. The van der Waals surface area contributed by atoms with E-state index in [-0.39, 0.29) is 24.9 Å². The van der Waals surface area contributed by atoms with Crippen LogP contribution in [-0.2, 0) is 9.59 Å². The van der Waals surface area contributed by atoms with Crippen molar-refractivity contribution in [1.29, 1.82) is 0 Å². The van der Waals surface area contributed by atoms with Crippen molar-refractivity contribution in [3.05, 3.63) is 0 Å². The molecule has 0 aliphatic carbocycles. The van der Waals surface area contributed by atoms with Gasteiger partial charge in [-0.15, -0.1) is 0 Å². The monoisotopic (exact) mass is 229 g/mol. The van der Waals surface area contributed by atoms with Crippen LogP contribution in [0.15, 0.2) is 0 Å². The molecule has 1 amide bonds. The highest BCUT2D eigenvalue weighted by molar-refractivity contribution is 5.85. The van der Waals surface area contributed by atoms with Crippen molar-refractivity contribution in [2.75, 3.05) is 13.2 Å². The summed E-state index contributed by atoms with van der Waals surface area (Å²) in [6.45, 7) is 2.31. The number of hydrogen-bond acceptors (Lipinski definition) is 3. The highest BCUT2D eigenvalue weighted by Crippen LogP contribution is 2.22. The lowest BCUT2D eigenvalue weighted by Crippen LogP contribution is -2.42. The Bertz CT molecular complexity index is 267. The van der Waals surface area contributed by atoms with Gasteiger partial charge in [0.2, 0.25) is 5.91 Å². The average molecular weight is 229 g/mol. The number of likely N-dealkylation sites (tertiary alicyclic amines) is 1. The smallest absolute Gasteiger partial charge is 0.326 e. The molecule has 1 heterocycles. The fourth-order valence-electron chi connectivity index (χ4n) is 2.04. The Labute approximate surface area is 95.1 Å². The van der Waals surface area contributed by atoms with Crippen LogP contribution in [-0.4, -0.2) is 46.2 Å². The molecule has 0 bridgehead atoms. The molecule has 1 saturated heterocycles. The average Bonchev–Trinajstić information content (AvgIpc) is 2.60. The maximum Gasteiger partial charge on any atom is 0.326 e. The highest BCUT2D eigenvalue weighted by atomic mass is 16.4. The SMILES string of the molecule is CCCCC(C(=O)O)N1CC(CO)CC1=O. The summed E-state index contributed by atoms with van der Waals surface area (Å²) in [5.41, 5.74) is 0. The van der Waals surface area contributed by atoms with Gasteiger partial charge >= 0.3 is 5.97 Å². The lowest BCUT2D eigenvalue weighted by Gasteiger charge is -2.24. The first-order valence-electron chi connectivity index (χ1n) is 5.73. The van der Waals surface area contributed by atoms with Crippen LogP contribution >= 0.6 is 0 Å². The standard InChI is InChI=1S/C11H19NO4/c1-2-3-4-9(11(15)16)12-6-8(7-13)5-10(12)14/h8-9,13H,2-7H2,1H3,(H,15,16). The number of aliphatic hydroxyl groups is 1. The number of nitrogens with zero attached hydrogens (tertiary/aromatic N) is 1. The van der Waals surface area contributed by atoms with Gasteiger partial charge in [0.25, 0.3) is 0 Å². The van der Waals surface area contributed by atoms with Crippen molar-refractivity contribution in [3.63, 3.8) is 0 Å². The van der Waals surface area contributed by atoms with Crippen molar-refractivity contribution >= 4 is 11.9 Å². The molecule has 0 aromatic heterocycles. The van der Waals surface area contributed by atoms with Gasteiger partial charge in [0.1, 0.15) is 6.04 Å². The molecular formula is C11H19NO4. The van der Waals surface area contributed by atoms with E-state index in [1.165, 1.54) is 4.90 Å². The number of aliphatic hydroxyl groups excluding tert-OH is 1. The van der Waals surface area contributed by atoms with E-state index in [9.17, 15) is 9.59 Å². The Balaban J connectivity index is 2.64. The van der Waals surface area contributed by atoms with E-state index in [1.54, 1.807) is 0 Å². The first kappa shape index (κ1) is 13.0. The summed E-state index contributed by atoms with van der Waals surface area (Å²) in [7, 11) is 0. The van der Waals surface area contributed by atoms with Gasteiger partial charge in [-0.05, 0) is 6.42 Å². The molecule has 2 N–H and O–H groups in total. The molecule has 92 valence electrons. The molecule has 5 heteroatoms. The molecule has 0 aromatic rings. The summed E-state index contributed by atoms with van der Waals surface area (Å²) >= 11 is 0. The zero-order chi connectivity index (χ0) is 12.1. The van der Waals surface area contributed by atoms with Crippen molar-refractivity contribution < 1.29 is 19.8 Å². The lowest BCUT2D eigenvalue weighted by molar-refractivity contribution is -0.148. The van der Waals surface area contributed by atoms with Crippen LogP contribution in [0.25, 0.3) is 0 Å². The van der Waals surface area contributed by atoms with Crippen LogP contribution in [0, 0.1) is 5.92 Å². The minimum atomic E-state index is -0.944. The Morgan fingerprint density at radius 3 is 2.75 bits per heavy atom. The summed E-state index contributed by atoms with van der Waals surface area (Å²) in [6.07, 6.45) is 2.47. The number of carboxylic acid groups (broad SMARTS) is 1. The van der Waals surface area contributed by atoms with E-state index in [4.69, 9.17) is 10.2 Å². The van der Waals surface area contributed by atoms with Crippen molar-refractivity contribution in [2.45, 2.75) is 38.6 Å². The van der Waals surface area contributed by atoms with Gasteiger partial charge in [-0.2, -0.15) is 0 Å². The first-order chi connectivity index (χ1) is 7.60. The number of amides is 1. The number of carbonyl (C=O) groups excluding carboxylic acids is 1. The van der Waals surface area contributed by atoms with Crippen molar-refractivity contribution in [2.24, 2.45) is 5.92 Å². The summed E-state index contributed by atoms with van der Waals surface area (Å²) in [5, 5.41) is 18.1. The lowest BCUT2D eigenvalue weighted by atomic mass is 10.1. The molecular weight excluding hydrogens is 210 g/mol. The van der Waals surface area contributed by atoms with Crippen LogP contribution in [0.5, 0.6) is 0 Å². The van der Waals surface area contributed by atoms with Crippen LogP contribution in [0.3, 0.4) is 0 Å². The fourth-order valence-corrected chi connectivity index (χ4v) is 2.04. The zero-order valence-corrected chi connectivity index (χ0v) is 9.56. The number of carbonyl (C=O) groups is 2. The molecule has 0 radical (unpaired) electrons. The van der Waals surface area contributed by atoms with Crippen LogP contribution < -0.4 is 0 Å². The largest absolute Gasteiger partial charge is 0.480 e. The Kier molecular flexibility index (Phi) is 4.73. The second-order valence-corrected chi connectivity index (χ2v) is 4.30. The topological polar surface area (TPSA) is 77.8 Å². The van der Waals surface area contributed by atoms with Gasteiger partial charge in [0, 0.05) is 25.5 Å². The third-order valence-electron chi connectivity index (χ3n) is 2.99. The Hall–Kier alpha value is -1.10. The highest BCUT2D eigenvalue weighted by Gasteiger charge is 2.36. The van der Waals surface area contributed by atoms with E-state index in [0.717, 1.165) is 12.8 Å². The summed E-state index contributed by atoms with van der Waals surface area (Å²) in [6, 6.07) is -0.719. The number of aliphatic carboxylic acids is 1. The molecule has 0 aromatic carbocycles. The molecule has 1 aliphatic rings. The second-order valence-electron chi connectivity index (χ2n) is 4.30. The first-order valence-corrected chi connectivity index (χ1v) is 5.73. The maximum absolute atomic E-state index is 11.6. The van der Waals surface area contributed by atoms with E-state index < -0.39 is 12.0 Å². The minimum Gasteiger partial charge on any atom is -0.480 e. The summed E-state index contributed by atoms with van der Waals surface area (Å²) < 4.78 is 0. The van der Waals surface area contributed by atoms with E-state index in [0.29, 0.717) is 13.0 Å². The number of carboxylic acids is 1. The molecule has 5 nitrogen and oxygen atoms in total. The van der Waals surface area contributed by atoms with Crippen molar-refractivity contribution in [3.8, 4) is 0 Å². The third kappa shape index (κ3) is 2.95. The molecule has 1 aliphatic heterocycles. The quantitative estimate of drug-likeness (QED) is 0.694. The van der Waals surface area contributed by atoms with E-state index in [1.807, 2.05) is 6.92 Å². The van der Waals surface area contributed by atoms with Crippen LogP contribution in [0.1, 0.15) is 32.6 Å². The Morgan fingerprint density at radius 1 is 1.62 bits per heavy atom. The summed E-state index contributed by atoms with van der Waals surface area (Å²) in [5.74, 6) is -1.20. The molecule has 1 fully saturated rings.